The van der Waals surface area contributed by atoms with Crippen molar-refractivity contribution < 1.29 is 9.47 Å². The molecule has 2 saturated heterocycles. The lowest BCUT2D eigenvalue weighted by atomic mass is 9.89. The Balaban J connectivity index is 1.40. The summed E-state index contributed by atoms with van der Waals surface area (Å²) < 4.78 is 11.5. The van der Waals surface area contributed by atoms with Gasteiger partial charge in [-0.2, -0.15) is 0 Å². The highest BCUT2D eigenvalue weighted by Gasteiger charge is 2.44. The molecular formula is C20H26N4O2. The Kier molecular flexibility index (Phi) is 4.68. The zero-order valence-corrected chi connectivity index (χ0v) is 15.4. The van der Waals surface area contributed by atoms with Gasteiger partial charge in [-0.25, -0.2) is 9.97 Å². The van der Waals surface area contributed by atoms with Gasteiger partial charge in [-0.1, -0.05) is 0 Å². The molecule has 26 heavy (non-hydrogen) atoms. The molecule has 0 amide bonds. The first-order valence-corrected chi connectivity index (χ1v) is 9.24. The highest BCUT2D eigenvalue weighted by molar-refractivity contribution is 5.47. The molecule has 2 aliphatic heterocycles. The number of nitrogens with one attached hydrogen (secondary N) is 1. The summed E-state index contributed by atoms with van der Waals surface area (Å²) in [4.78, 5) is 11.2. The molecule has 4 rings (SSSR count). The van der Waals surface area contributed by atoms with E-state index in [2.05, 4.69) is 32.3 Å². The average Bonchev–Trinajstić information content (AvgIpc) is 3.04. The number of rotatable bonds is 4. The van der Waals surface area contributed by atoms with E-state index in [9.17, 15) is 0 Å². The van der Waals surface area contributed by atoms with Crippen molar-refractivity contribution in [2.75, 3.05) is 37.0 Å². The van der Waals surface area contributed by atoms with Gasteiger partial charge in [0.05, 0.1) is 25.4 Å². The third kappa shape index (κ3) is 3.60. The van der Waals surface area contributed by atoms with Crippen molar-refractivity contribution in [1.82, 2.24) is 9.97 Å². The minimum Gasteiger partial charge on any atom is -0.497 e. The Hall–Kier alpha value is -2.34. The van der Waals surface area contributed by atoms with Gasteiger partial charge in [0.1, 0.15) is 5.75 Å². The summed E-state index contributed by atoms with van der Waals surface area (Å²) in [7, 11) is 1.68. The molecule has 6 nitrogen and oxygen atoms in total. The van der Waals surface area contributed by atoms with Gasteiger partial charge in [-0.05, 0) is 49.6 Å². The fourth-order valence-electron chi connectivity index (χ4n) is 3.96. The second kappa shape index (κ2) is 7.11. The molecule has 2 fully saturated rings. The van der Waals surface area contributed by atoms with Crippen molar-refractivity contribution >= 4 is 11.6 Å². The summed E-state index contributed by atoms with van der Waals surface area (Å²) in [5, 5.41) is 3.60. The van der Waals surface area contributed by atoms with Gasteiger partial charge in [-0.15, -0.1) is 0 Å². The van der Waals surface area contributed by atoms with E-state index in [0.29, 0.717) is 6.04 Å². The Morgan fingerprint density at radius 2 is 2.00 bits per heavy atom. The topological polar surface area (TPSA) is 59.5 Å². The molecule has 0 bridgehead atoms. The van der Waals surface area contributed by atoms with Gasteiger partial charge in [0.15, 0.2) is 0 Å². The van der Waals surface area contributed by atoms with E-state index in [4.69, 9.17) is 9.47 Å². The maximum Gasteiger partial charge on any atom is 0.225 e. The minimum atomic E-state index is -0.101. The third-order valence-corrected chi connectivity index (χ3v) is 5.26. The number of hydrogen-bond donors (Lipinski definition) is 1. The van der Waals surface area contributed by atoms with E-state index in [-0.39, 0.29) is 5.60 Å². The molecule has 1 N–H and O–H groups in total. The quantitative estimate of drug-likeness (QED) is 0.911. The number of aryl methyl sites for hydroxylation is 1. The first kappa shape index (κ1) is 17.1. The number of methoxy groups -OCH3 is 1. The molecule has 1 aromatic carbocycles. The third-order valence-electron chi connectivity index (χ3n) is 5.26. The number of anilines is 2. The normalized spacial score (nSPS) is 25.5. The predicted octanol–water partition coefficient (Wildman–Crippen LogP) is 3.03. The second-order valence-corrected chi connectivity index (χ2v) is 7.35. The number of piperidine rings is 1. The largest absolute Gasteiger partial charge is 0.497 e. The van der Waals surface area contributed by atoms with E-state index in [1.54, 1.807) is 7.11 Å². The van der Waals surface area contributed by atoms with Crippen LogP contribution < -0.4 is 15.0 Å². The van der Waals surface area contributed by atoms with Crippen LogP contribution in [0.1, 0.15) is 24.8 Å². The summed E-state index contributed by atoms with van der Waals surface area (Å²) in [5.74, 6) is 1.68. The van der Waals surface area contributed by atoms with E-state index in [1.165, 1.54) is 0 Å². The molecule has 2 aromatic rings. The van der Waals surface area contributed by atoms with Crippen LogP contribution in [-0.2, 0) is 4.74 Å². The fourth-order valence-corrected chi connectivity index (χ4v) is 3.96. The lowest BCUT2D eigenvalue weighted by Gasteiger charge is -2.39. The van der Waals surface area contributed by atoms with Crippen LogP contribution in [0.4, 0.5) is 11.6 Å². The Labute approximate surface area is 154 Å². The van der Waals surface area contributed by atoms with Crippen LogP contribution in [0.15, 0.2) is 36.7 Å². The molecule has 0 radical (unpaired) electrons. The molecule has 0 aliphatic carbocycles. The number of benzene rings is 1. The van der Waals surface area contributed by atoms with Gasteiger partial charge >= 0.3 is 0 Å². The highest BCUT2D eigenvalue weighted by Crippen LogP contribution is 2.36. The summed E-state index contributed by atoms with van der Waals surface area (Å²) in [6.45, 7) is 4.59. The van der Waals surface area contributed by atoms with E-state index in [0.717, 1.165) is 61.9 Å². The zero-order valence-electron chi connectivity index (χ0n) is 15.4. The van der Waals surface area contributed by atoms with Gasteiger partial charge in [0, 0.05) is 37.6 Å². The fraction of sp³-hybridized carbons (Fsp3) is 0.500. The van der Waals surface area contributed by atoms with E-state index >= 15 is 0 Å². The average molecular weight is 354 g/mol. The highest BCUT2D eigenvalue weighted by atomic mass is 16.5. The van der Waals surface area contributed by atoms with E-state index < -0.39 is 0 Å². The predicted molar refractivity (Wildman–Crippen MR) is 102 cm³/mol. The lowest BCUT2D eigenvalue weighted by Crippen LogP contribution is -2.48. The van der Waals surface area contributed by atoms with Gasteiger partial charge < -0.3 is 19.7 Å². The first-order chi connectivity index (χ1) is 12.7. The molecule has 2 atom stereocenters. The smallest absolute Gasteiger partial charge is 0.225 e. The van der Waals surface area contributed by atoms with Crippen LogP contribution in [0.25, 0.3) is 0 Å². The molecule has 6 heteroatoms. The van der Waals surface area contributed by atoms with Gasteiger partial charge in [-0.3, -0.25) is 0 Å². The van der Waals surface area contributed by atoms with Crippen molar-refractivity contribution in [2.45, 2.75) is 37.8 Å². The van der Waals surface area contributed by atoms with Crippen LogP contribution >= 0.6 is 0 Å². The molecule has 0 unspecified atom stereocenters. The Morgan fingerprint density at radius 1 is 1.23 bits per heavy atom. The molecular weight excluding hydrogens is 328 g/mol. The number of aromatic nitrogens is 2. The molecule has 1 aromatic heterocycles. The SMILES string of the molecule is COc1ccc(N[C@@H]2CO[C@@]3(CCCN(c4ncc(C)cn4)C3)C2)cc1. The van der Waals surface area contributed by atoms with Crippen LogP contribution in [0, 0.1) is 6.92 Å². The summed E-state index contributed by atoms with van der Waals surface area (Å²) in [6, 6.07) is 8.38. The van der Waals surface area contributed by atoms with Crippen LogP contribution in [0.5, 0.6) is 5.75 Å². The summed E-state index contributed by atoms with van der Waals surface area (Å²) in [6.07, 6.45) is 6.96. The van der Waals surface area contributed by atoms with E-state index in [1.807, 2.05) is 31.5 Å². The molecule has 2 aliphatic rings. The van der Waals surface area contributed by atoms with Crippen molar-refractivity contribution in [3.63, 3.8) is 0 Å². The summed E-state index contributed by atoms with van der Waals surface area (Å²) in [5.41, 5.74) is 2.09. The summed E-state index contributed by atoms with van der Waals surface area (Å²) >= 11 is 0. The Morgan fingerprint density at radius 3 is 2.73 bits per heavy atom. The standard InChI is InChI=1S/C20H26N4O2/c1-15-11-21-19(22-12-15)24-9-3-8-20(14-24)10-17(13-26-20)23-16-4-6-18(25-2)7-5-16/h4-7,11-12,17,23H,3,8-10,13-14H2,1-2H3/t17-,20-/m0/s1. The van der Waals surface area contributed by atoms with Gasteiger partial charge in [0.25, 0.3) is 0 Å². The number of ether oxygens (including phenoxy) is 2. The molecule has 0 saturated carbocycles. The monoisotopic (exact) mass is 354 g/mol. The molecule has 1 spiro atoms. The van der Waals surface area contributed by atoms with Crippen LogP contribution in [-0.4, -0.2) is 48.4 Å². The molecule has 138 valence electrons. The maximum absolute atomic E-state index is 6.30. The van der Waals surface area contributed by atoms with Crippen molar-refractivity contribution in [3.8, 4) is 5.75 Å². The second-order valence-electron chi connectivity index (χ2n) is 7.35. The van der Waals surface area contributed by atoms with Crippen LogP contribution in [0.2, 0.25) is 0 Å². The lowest BCUT2D eigenvalue weighted by molar-refractivity contribution is -0.00668. The first-order valence-electron chi connectivity index (χ1n) is 9.24. The van der Waals surface area contributed by atoms with Crippen LogP contribution in [0.3, 0.4) is 0 Å². The minimum absolute atomic E-state index is 0.101. The van der Waals surface area contributed by atoms with Crippen molar-refractivity contribution in [1.29, 1.82) is 0 Å². The zero-order chi connectivity index (χ0) is 18.0. The van der Waals surface area contributed by atoms with Crippen molar-refractivity contribution in [3.05, 3.63) is 42.2 Å². The van der Waals surface area contributed by atoms with Crippen molar-refractivity contribution in [2.24, 2.45) is 0 Å². The number of hydrogen-bond acceptors (Lipinski definition) is 6. The van der Waals surface area contributed by atoms with Gasteiger partial charge in [0.2, 0.25) is 5.95 Å². The maximum atomic E-state index is 6.30. The Bertz CT molecular complexity index is 734. The number of nitrogens with zero attached hydrogens (tertiary/aromatic N) is 3. The molecule has 3 heterocycles.